The number of carbonyl (C=O) groups excluding carboxylic acids is 3. The fraction of sp³-hybridized carbons (Fsp3) is 0.762. The van der Waals surface area contributed by atoms with Gasteiger partial charge in [-0.25, -0.2) is 0 Å². The lowest BCUT2D eigenvalue weighted by atomic mass is 9.46. The zero-order valence-electron chi connectivity index (χ0n) is 15.4. The van der Waals surface area contributed by atoms with Gasteiger partial charge in [0.05, 0.1) is 11.8 Å². The lowest BCUT2D eigenvalue weighted by Crippen LogP contribution is -2.54. The average molecular weight is 580 g/mol. The normalized spacial score (nSPS) is 45.0. The Morgan fingerprint density at radius 2 is 1.85 bits per heavy atom. The zero-order chi connectivity index (χ0) is 18.9. The minimum atomic E-state index is -0.435. The third kappa shape index (κ3) is 2.65. The molecule has 3 nitrogen and oxygen atoms in total. The van der Waals surface area contributed by atoms with Crippen molar-refractivity contribution in [2.24, 2.45) is 34.5 Å². The van der Waals surface area contributed by atoms with Crippen molar-refractivity contribution in [3.8, 4) is 0 Å². The summed E-state index contributed by atoms with van der Waals surface area (Å²) in [7, 11) is 0. The van der Waals surface area contributed by atoms with E-state index in [-0.39, 0.29) is 31.3 Å². The molecule has 0 bridgehead atoms. The van der Waals surface area contributed by atoms with E-state index in [1.54, 1.807) is 6.08 Å². The molecule has 0 saturated heterocycles. The van der Waals surface area contributed by atoms with Crippen LogP contribution in [0.5, 0.6) is 0 Å². The molecule has 0 heterocycles. The van der Waals surface area contributed by atoms with Gasteiger partial charge in [0.25, 0.3) is 0 Å². The third-order valence-electron chi connectivity index (χ3n) is 8.40. The Morgan fingerprint density at radius 3 is 2.54 bits per heavy atom. The lowest BCUT2D eigenvalue weighted by Gasteiger charge is -2.57. The number of fused-ring (bicyclic) bond motifs is 5. The molecule has 0 aromatic rings. The van der Waals surface area contributed by atoms with Crippen LogP contribution in [-0.4, -0.2) is 19.3 Å². The molecule has 0 aliphatic heterocycles. The van der Waals surface area contributed by atoms with Crippen molar-refractivity contribution >= 4 is 62.5 Å². The molecule has 4 aliphatic carbocycles. The molecule has 0 aromatic heterocycles. The van der Waals surface area contributed by atoms with Crippen molar-refractivity contribution in [3.05, 3.63) is 11.6 Å². The number of allylic oxidation sites excluding steroid dienone is 1. The summed E-state index contributed by atoms with van der Waals surface area (Å²) < 4.78 is 0.0489. The van der Waals surface area contributed by atoms with Crippen LogP contribution in [0.2, 0.25) is 0 Å². The van der Waals surface area contributed by atoms with Crippen LogP contribution in [0.4, 0.5) is 0 Å². The van der Waals surface area contributed by atoms with Gasteiger partial charge in [-0.15, -0.1) is 0 Å². The molecule has 5 heteroatoms. The first-order valence-corrected chi connectivity index (χ1v) is 12.3. The van der Waals surface area contributed by atoms with Crippen LogP contribution in [-0.2, 0) is 14.4 Å². The fourth-order valence-corrected chi connectivity index (χ4v) is 7.91. The van der Waals surface area contributed by atoms with Crippen LogP contribution in [0.3, 0.4) is 0 Å². The van der Waals surface area contributed by atoms with E-state index in [1.807, 2.05) is 0 Å². The summed E-state index contributed by atoms with van der Waals surface area (Å²) in [6.45, 7) is 4.45. The average Bonchev–Trinajstić information content (AvgIpc) is 2.92. The molecular weight excluding hydrogens is 554 g/mol. The van der Waals surface area contributed by atoms with Gasteiger partial charge < -0.3 is 0 Å². The van der Waals surface area contributed by atoms with E-state index in [0.717, 1.165) is 44.1 Å². The SMILES string of the molecule is C[C@]12C(=O)CC(=O)C=C1CC[C@@H]1[C@@H]2CC[C@]2(C)[C@@H](C(=O)C(I)I)CC[C@@H]12. The summed E-state index contributed by atoms with van der Waals surface area (Å²) in [5.41, 5.74) is 0.751. The standard InChI is InChI=1S/C21H26I2O3/c1-20-8-7-15-13(14(20)5-6-16(20)18(26)19(22)23)4-3-11-9-12(24)10-17(25)21(11,15)2/h9,13-16,19H,3-8,10H2,1-2H3/t13-,14-,15-,16+,20-,21-/m0/s1. The van der Waals surface area contributed by atoms with E-state index < -0.39 is 5.41 Å². The van der Waals surface area contributed by atoms with Gasteiger partial charge in [-0.2, -0.15) is 0 Å². The van der Waals surface area contributed by atoms with Crippen molar-refractivity contribution in [2.45, 2.75) is 60.7 Å². The quantitative estimate of drug-likeness (QED) is 0.260. The van der Waals surface area contributed by atoms with E-state index in [1.165, 1.54) is 0 Å². The maximum atomic E-state index is 12.9. The minimum absolute atomic E-state index is 0.0109. The van der Waals surface area contributed by atoms with Crippen LogP contribution in [0, 0.1) is 34.5 Å². The Labute approximate surface area is 182 Å². The van der Waals surface area contributed by atoms with E-state index in [4.69, 9.17) is 0 Å². The molecule has 3 fully saturated rings. The van der Waals surface area contributed by atoms with E-state index in [0.29, 0.717) is 23.5 Å². The maximum absolute atomic E-state index is 12.9. The molecule has 0 amide bonds. The van der Waals surface area contributed by atoms with Crippen LogP contribution < -0.4 is 0 Å². The largest absolute Gasteiger partial charge is 0.298 e. The maximum Gasteiger partial charge on any atom is 0.163 e. The van der Waals surface area contributed by atoms with Gasteiger partial charge in [-0.05, 0) is 74.7 Å². The van der Waals surface area contributed by atoms with Crippen LogP contribution in [0.1, 0.15) is 58.8 Å². The van der Waals surface area contributed by atoms with Crippen molar-refractivity contribution < 1.29 is 14.4 Å². The summed E-state index contributed by atoms with van der Waals surface area (Å²) in [4.78, 5) is 37.7. The molecular formula is C21H26I2O3. The van der Waals surface area contributed by atoms with E-state index in [2.05, 4.69) is 59.0 Å². The molecule has 26 heavy (non-hydrogen) atoms. The van der Waals surface area contributed by atoms with Gasteiger partial charge >= 0.3 is 0 Å². The predicted octanol–water partition coefficient (Wildman–Crippen LogP) is 5.08. The molecule has 4 rings (SSSR count). The summed E-state index contributed by atoms with van der Waals surface area (Å²) in [5.74, 6) is 2.15. The van der Waals surface area contributed by atoms with E-state index in [9.17, 15) is 14.4 Å². The molecule has 0 radical (unpaired) electrons. The van der Waals surface area contributed by atoms with Gasteiger partial charge in [0.1, 0.15) is 1.93 Å². The molecule has 4 aliphatic rings. The highest BCUT2D eigenvalue weighted by molar-refractivity contribution is 14.2. The number of alkyl halides is 2. The number of rotatable bonds is 2. The number of Topliss-reactive ketones (excluding diaryl/α,β-unsaturated/α-hetero) is 2. The first-order chi connectivity index (χ1) is 12.2. The molecule has 0 unspecified atom stereocenters. The van der Waals surface area contributed by atoms with Crippen LogP contribution >= 0.6 is 45.2 Å². The Hall–Kier alpha value is 0.210. The summed E-state index contributed by atoms with van der Waals surface area (Å²) in [6, 6.07) is 0. The molecule has 0 aromatic carbocycles. The van der Waals surface area contributed by atoms with Gasteiger partial charge in [0, 0.05) is 5.92 Å². The van der Waals surface area contributed by atoms with Gasteiger partial charge in [0.15, 0.2) is 17.3 Å². The highest BCUT2D eigenvalue weighted by Gasteiger charge is 2.62. The second-order valence-corrected chi connectivity index (χ2v) is 14.1. The molecule has 3 saturated carbocycles. The Kier molecular flexibility index (Phi) is 4.98. The van der Waals surface area contributed by atoms with Crippen LogP contribution in [0.15, 0.2) is 11.6 Å². The summed E-state index contributed by atoms with van der Waals surface area (Å²) in [6.07, 6.45) is 8.00. The highest BCUT2D eigenvalue weighted by Crippen LogP contribution is 2.66. The number of carbonyl (C=O) groups is 3. The number of halogens is 2. The minimum Gasteiger partial charge on any atom is -0.298 e. The molecule has 6 atom stereocenters. The predicted molar refractivity (Wildman–Crippen MR) is 117 cm³/mol. The van der Waals surface area contributed by atoms with Gasteiger partial charge in [-0.1, -0.05) is 57.7 Å². The van der Waals surface area contributed by atoms with Gasteiger partial charge in [0.2, 0.25) is 0 Å². The number of ketones is 3. The summed E-state index contributed by atoms with van der Waals surface area (Å²) in [5, 5.41) is 0. The highest BCUT2D eigenvalue weighted by atomic mass is 127. The van der Waals surface area contributed by atoms with Crippen molar-refractivity contribution in [1.29, 1.82) is 0 Å². The smallest absolute Gasteiger partial charge is 0.163 e. The first-order valence-electron chi connectivity index (χ1n) is 9.78. The molecule has 0 N–H and O–H groups in total. The monoisotopic (exact) mass is 580 g/mol. The molecule has 142 valence electrons. The first kappa shape index (κ1) is 19.5. The topological polar surface area (TPSA) is 51.2 Å². The number of hydrogen-bond acceptors (Lipinski definition) is 3. The third-order valence-corrected chi connectivity index (χ3v) is 9.63. The van der Waals surface area contributed by atoms with Crippen molar-refractivity contribution in [1.82, 2.24) is 0 Å². The Balaban J connectivity index is 1.67. The second kappa shape index (κ2) is 6.63. The van der Waals surface area contributed by atoms with Crippen molar-refractivity contribution in [2.75, 3.05) is 0 Å². The summed E-state index contributed by atoms with van der Waals surface area (Å²) >= 11 is 4.50. The Bertz CT molecular complexity index is 712. The zero-order valence-corrected chi connectivity index (χ0v) is 19.7. The number of hydrogen-bond donors (Lipinski definition) is 0. The van der Waals surface area contributed by atoms with Crippen molar-refractivity contribution in [3.63, 3.8) is 0 Å². The second-order valence-electron chi connectivity index (χ2n) is 9.23. The lowest BCUT2D eigenvalue weighted by molar-refractivity contribution is -0.142. The van der Waals surface area contributed by atoms with Crippen LogP contribution in [0.25, 0.3) is 0 Å². The van der Waals surface area contributed by atoms with Gasteiger partial charge in [-0.3, -0.25) is 14.4 Å². The Morgan fingerprint density at radius 1 is 1.12 bits per heavy atom. The molecule has 0 spiro atoms. The van der Waals surface area contributed by atoms with E-state index >= 15 is 0 Å². The fourth-order valence-electron chi connectivity index (χ4n) is 7.04.